The van der Waals surface area contributed by atoms with Crippen LogP contribution in [-0.2, 0) is 0 Å². The molecule has 2 heterocycles. The number of benzene rings is 2. The molecule has 0 amide bonds. The second-order valence-corrected chi connectivity index (χ2v) is 7.34. The Morgan fingerprint density at radius 2 is 1.84 bits per heavy atom. The summed E-state index contributed by atoms with van der Waals surface area (Å²) >= 11 is 11.7. The fraction of sp³-hybridized carbons (Fsp3) is 0.250. The number of H-pyrrole nitrogens is 1. The first-order chi connectivity index (χ1) is 12.2. The lowest BCUT2D eigenvalue weighted by Crippen LogP contribution is -2.40. The van der Waals surface area contributed by atoms with Gasteiger partial charge in [-0.3, -0.25) is 0 Å². The first kappa shape index (κ1) is 16.4. The molecule has 0 atom stereocenters. The zero-order valence-electron chi connectivity index (χ0n) is 13.8. The average molecular weight is 370 g/mol. The molecule has 1 saturated heterocycles. The van der Waals surface area contributed by atoms with E-state index < -0.39 is 0 Å². The van der Waals surface area contributed by atoms with E-state index in [1.54, 1.807) is 0 Å². The molecule has 3 nitrogen and oxygen atoms in total. The fourth-order valence-corrected chi connectivity index (χ4v) is 3.94. The number of aromatic nitrogens is 1. The molecule has 1 fully saturated rings. The van der Waals surface area contributed by atoms with Crippen molar-refractivity contribution in [3.05, 3.63) is 65.3 Å². The number of rotatable bonds is 2. The third kappa shape index (κ3) is 3.65. The maximum absolute atomic E-state index is 6.09. The van der Waals surface area contributed by atoms with Crippen LogP contribution in [-0.4, -0.2) is 28.1 Å². The molecule has 5 heteroatoms. The summed E-state index contributed by atoms with van der Waals surface area (Å²) in [6.07, 6.45) is 2.19. The predicted octanol–water partition coefficient (Wildman–Crippen LogP) is 5.40. The van der Waals surface area contributed by atoms with Crippen molar-refractivity contribution in [3.8, 4) is 0 Å². The van der Waals surface area contributed by atoms with Crippen LogP contribution in [0.4, 0.5) is 5.69 Å². The van der Waals surface area contributed by atoms with Crippen molar-refractivity contribution in [1.29, 1.82) is 0 Å². The summed E-state index contributed by atoms with van der Waals surface area (Å²) in [4.78, 5) is 5.81. The SMILES string of the molecule is S=C(Nc1ccccc1)N1CCC(c2cc3cc(Cl)ccc3[nH]2)CC1. The van der Waals surface area contributed by atoms with Crippen molar-refractivity contribution in [2.24, 2.45) is 0 Å². The number of para-hydroxylation sites is 1. The van der Waals surface area contributed by atoms with Gasteiger partial charge in [-0.1, -0.05) is 29.8 Å². The number of fused-ring (bicyclic) bond motifs is 1. The average Bonchev–Trinajstić information content (AvgIpc) is 3.06. The molecule has 128 valence electrons. The number of anilines is 1. The predicted molar refractivity (Wildman–Crippen MR) is 110 cm³/mol. The molecule has 0 bridgehead atoms. The number of hydrogen-bond acceptors (Lipinski definition) is 1. The quantitative estimate of drug-likeness (QED) is 0.593. The second kappa shape index (κ2) is 7.06. The summed E-state index contributed by atoms with van der Waals surface area (Å²) in [5.41, 5.74) is 3.50. The number of piperidine rings is 1. The van der Waals surface area contributed by atoms with E-state index in [0.717, 1.165) is 47.3 Å². The lowest BCUT2D eigenvalue weighted by atomic mass is 9.94. The van der Waals surface area contributed by atoms with E-state index in [-0.39, 0.29) is 0 Å². The summed E-state index contributed by atoms with van der Waals surface area (Å²) in [6, 6.07) is 18.3. The highest BCUT2D eigenvalue weighted by molar-refractivity contribution is 7.80. The maximum Gasteiger partial charge on any atom is 0.173 e. The molecule has 1 aliphatic rings. The Morgan fingerprint density at radius 1 is 1.08 bits per heavy atom. The van der Waals surface area contributed by atoms with Crippen LogP contribution in [0.5, 0.6) is 0 Å². The first-order valence-electron chi connectivity index (χ1n) is 8.58. The summed E-state index contributed by atoms with van der Waals surface area (Å²) in [6.45, 7) is 1.94. The van der Waals surface area contributed by atoms with E-state index in [0.29, 0.717) is 5.92 Å². The zero-order valence-corrected chi connectivity index (χ0v) is 15.4. The maximum atomic E-state index is 6.09. The Labute approximate surface area is 158 Å². The molecule has 0 radical (unpaired) electrons. The highest BCUT2D eigenvalue weighted by Gasteiger charge is 2.23. The van der Waals surface area contributed by atoms with Crippen molar-refractivity contribution >= 4 is 45.5 Å². The van der Waals surface area contributed by atoms with E-state index in [9.17, 15) is 0 Å². The third-order valence-electron chi connectivity index (χ3n) is 4.85. The second-order valence-electron chi connectivity index (χ2n) is 6.51. The summed E-state index contributed by atoms with van der Waals surface area (Å²) in [5, 5.41) is 6.11. The number of aromatic amines is 1. The molecule has 0 unspecified atom stereocenters. The van der Waals surface area contributed by atoms with Gasteiger partial charge < -0.3 is 15.2 Å². The van der Waals surface area contributed by atoms with Gasteiger partial charge in [0.25, 0.3) is 0 Å². The van der Waals surface area contributed by atoms with Crippen LogP contribution in [0, 0.1) is 0 Å². The van der Waals surface area contributed by atoms with E-state index >= 15 is 0 Å². The smallest absolute Gasteiger partial charge is 0.173 e. The number of nitrogens with one attached hydrogen (secondary N) is 2. The number of nitrogens with zero attached hydrogens (tertiary/aromatic N) is 1. The Morgan fingerprint density at radius 3 is 2.60 bits per heavy atom. The number of likely N-dealkylation sites (tertiary alicyclic amines) is 1. The van der Waals surface area contributed by atoms with Crippen molar-refractivity contribution in [2.45, 2.75) is 18.8 Å². The molecule has 0 saturated carbocycles. The molecule has 2 N–H and O–H groups in total. The van der Waals surface area contributed by atoms with Crippen molar-refractivity contribution in [2.75, 3.05) is 18.4 Å². The minimum absolute atomic E-state index is 0.543. The van der Waals surface area contributed by atoms with Crippen LogP contribution >= 0.6 is 23.8 Å². The monoisotopic (exact) mass is 369 g/mol. The molecular weight excluding hydrogens is 350 g/mol. The first-order valence-corrected chi connectivity index (χ1v) is 9.37. The highest BCUT2D eigenvalue weighted by atomic mass is 35.5. The summed E-state index contributed by atoms with van der Waals surface area (Å²) in [5.74, 6) is 0.543. The van der Waals surface area contributed by atoms with E-state index in [2.05, 4.69) is 27.3 Å². The molecule has 1 aliphatic heterocycles. The van der Waals surface area contributed by atoms with Gasteiger partial charge in [-0.05, 0) is 61.5 Å². The Bertz CT molecular complexity index is 882. The van der Waals surface area contributed by atoms with Crippen LogP contribution in [0.2, 0.25) is 5.02 Å². The van der Waals surface area contributed by atoms with Gasteiger partial charge in [0, 0.05) is 46.3 Å². The van der Waals surface area contributed by atoms with E-state index in [1.165, 1.54) is 11.1 Å². The summed E-state index contributed by atoms with van der Waals surface area (Å²) in [7, 11) is 0. The number of hydrogen-bond donors (Lipinski definition) is 2. The molecular formula is C20H20ClN3S. The molecule has 0 spiro atoms. The van der Waals surface area contributed by atoms with Gasteiger partial charge in [-0.15, -0.1) is 0 Å². The molecule has 0 aliphatic carbocycles. The van der Waals surface area contributed by atoms with Crippen molar-refractivity contribution in [3.63, 3.8) is 0 Å². The van der Waals surface area contributed by atoms with Gasteiger partial charge in [-0.25, -0.2) is 0 Å². The van der Waals surface area contributed by atoms with Gasteiger partial charge in [0.15, 0.2) is 5.11 Å². The third-order valence-corrected chi connectivity index (χ3v) is 5.45. The van der Waals surface area contributed by atoms with Gasteiger partial charge >= 0.3 is 0 Å². The molecule has 1 aromatic heterocycles. The fourth-order valence-electron chi connectivity index (χ4n) is 3.46. The van der Waals surface area contributed by atoms with Crippen LogP contribution in [0.25, 0.3) is 10.9 Å². The Hall–Kier alpha value is -2.04. The van der Waals surface area contributed by atoms with E-state index in [1.807, 2.05) is 42.5 Å². The standard InChI is InChI=1S/C20H20ClN3S/c21-16-6-7-18-15(12-16)13-19(23-18)14-8-10-24(11-9-14)20(25)22-17-4-2-1-3-5-17/h1-7,12-14,23H,8-11H2,(H,22,25). The van der Waals surface area contributed by atoms with Crippen LogP contribution < -0.4 is 5.32 Å². The van der Waals surface area contributed by atoms with Gasteiger partial charge in [0.05, 0.1) is 0 Å². The van der Waals surface area contributed by atoms with Crippen LogP contribution in [0.15, 0.2) is 54.6 Å². The zero-order chi connectivity index (χ0) is 17.2. The number of thiocarbonyl (C=S) groups is 1. The summed E-state index contributed by atoms with van der Waals surface area (Å²) < 4.78 is 0. The highest BCUT2D eigenvalue weighted by Crippen LogP contribution is 2.31. The Kier molecular flexibility index (Phi) is 4.64. The lowest BCUT2D eigenvalue weighted by molar-refractivity contribution is 0.314. The topological polar surface area (TPSA) is 31.1 Å². The number of halogens is 1. The molecule has 25 heavy (non-hydrogen) atoms. The Balaban J connectivity index is 1.39. The van der Waals surface area contributed by atoms with Gasteiger partial charge in [0.1, 0.15) is 0 Å². The lowest BCUT2D eigenvalue weighted by Gasteiger charge is -2.33. The normalized spacial score (nSPS) is 15.5. The molecule has 2 aromatic carbocycles. The van der Waals surface area contributed by atoms with Crippen molar-refractivity contribution in [1.82, 2.24) is 9.88 Å². The largest absolute Gasteiger partial charge is 0.358 e. The van der Waals surface area contributed by atoms with Gasteiger partial charge in [-0.2, -0.15) is 0 Å². The molecule has 4 rings (SSSR count). The minimum Gasteiger partial charge on any atom is -0.358 e. The van der Waals surface area contributed by atoms with E-state index in [4.69, 9.17) is 23.8 Å². The minimum atomic E-state index is 0.543. The van der Waals surface area contributed by atoms with Gasteiger partial charge in [0.2, 0.25) is 0 Å². The van der Waals surface area contributed by atoms with Crippen LogP contribution in [0.1, 0.15) is 24.5 Å². The van der Waals surface area contributed by atoms with Crippen molar-refractivity contribution < 1.29 is 0 Å². The molecule has 3 aromatic rings. The van der Waals surface area contributed by atoms with Crippen LogP contribution in [0.3, 0.4) is 0 Å².